The van der Waals surface area contributed by atoms with Crippen molar-refractivity contribution >= 4 is 29.1 Å². The average molecular weight is 607 g/mol. The lowest BCUT2D eigenvalue weighted by Crippen LogP contribution is -2.37. The monoisotopic (exact) mass is 606 g/mol. The molecule has 0 unspecified atom stereocenters. The van der Waals surface area contributed by atoms with Crippen LogP contribution in [0, 0.1) is 11.8 Å². The van der Waals surface area contributed by atoms with E-state index in [9.17, 15) is 24.3 Å². The van der Waals surface area contributed by atoms with Crippen LogP contribution in [-0.4, -0.2) is 67.3 Å². The van der Waals surface area contributed by atoms with Gasteiger partial charge in [-0.1, -0.05) is 68.5 Å². The van der Waals surface area contributed by atoms with Gasteiger partial charge in [0.05, 0.1) is 17.9 Å². The van der Waals surface area contributed by atoms with Gasteiger partial charge in [-0.25, -0.2) is 4.79 Å². The molecule has 236 valence electrons. The molecule has 1 aromatic carbocycles. The molecule has 1 aliphatic carbocycles. The summed E-state index contributed by atoms with van der Waals surface area (Å²) in [7, 11) is 2.94. The third-order valence-electron chi connectivity index (χ3n) is 7.86. The second-order valence-electron chi connectivity index (χ2n) is 11.3. The smallest absolute Gasteiger partial charge is 0.405 e. The van der Waals surface area contributed by atoms with Crippen molar-refractivity contribution in [1.29, 1.82) is 0 Å². The first-order chi connectivity index (χ1) is 20.9. The number of hydrogen-bond donors (Lipinski definition) is 3. The number of methoxy groups -OCH3 is 2. The Morgan fingerprint density at radius 2 is 1.73 bits per heavy atom. The molecule has 0 saturated carbocycles. The Kier molecular flexibility index (Phi) is 12.2. The number of benzene rings is 1. The van der Waals surface area contributed by atoms with Crippen LogP contribution < -0.4 is 11.1 Å². The Balaban J connectivity index is 2.12. The van der Waals surface area contributed by atoms with Gasteiger partial charge >= 0.3 is 6.09 Å². The summed E-state index contributed by atoms with van der Waals surface area (Å²) in [4.78, 5) is 52.1. The maximum absolute atomic E-state index is 13.8. The van der Waals surface area contributed by atoms with Gasteiger partial charge in [0.1, 0.15) is 6.10 Å². The second kappa shape index (κ2) is 15.6. The summed E-state index contributed by atoms with van der Waals surface area (Å²) in [6, 6.07) is 8.94. The minimum atomic E-state index is -0.998. The number of rotatable bonds is 4. The lowest BCUT2D eigenvalue weighted by molar-refractivity contribution is -0.119. The van der Waals surface area contributed by atoms with Crippen LogP contribution in [0.15, 0.2) is 83.1 Å². The van der Waals surface area contributed by atoms with E-state index in [1.54, 1.807) is 56.3 Å². The molecular weight excluding hydrogens is 564 g/mol. The van der Waals surface area contributed by atoms with Crippen LogP contribution in [0.1, 0.15) is 46.1 Å². The van der Waals surface area contributed by atoms with Gasteiger partial charge in [0.25, 0.3) is 5.91 Å². The molecule has 0 spiro atoms. The lowest BCUT2D eigenvalue weighted by atomic mass is 9.81. The Labute approximate surface area is 258 Å². The van der Waals surface area contributed by atoms with Crippen LogP contribution in [-0.2, 0) is 28.6 Å². The number of aliphatic hydroxyl groups excluding tert-OH is 1. The van der Waals surface area contributed by atoms with Crippen LogP contribution in [0.3, 0.4) is 0 Å². The summed E-state index contributed by atoms with van der Waals surface area (Å²) in [5.41, 5.74) is 7.26. The van der Waals surface area contributed by atoms with Gasteiger partial charge in [-0.2, -0.15) is 0 Å². The molecule has 10 nitrogen and oxygen atoms in total. The fourth-order valence-electron chi connectivity index (χ4n) is 5.51. The highest BCUT2D eigenvalue weighted by molar-refractivity contribution is 6.37. The molecule has 6 atom stereocenters. The van der Waals surface area contributed by atoms with Crippen molar-refractivity contribution in [1.82, 2.24) is 5.32 Å². The van der Waals surface area contributed by atoms with Crippen LogP contribution in [0.25, 0.3) is 5.57 Å². The molecule has 1 aliphatic heterocycles. The maximum Gasteiger partial charge on any atom is 0.405 e. The van der Waals surface area contributed by atoms with E-state index in [1.165, 1.54) is 20.3 Å². The van der Waals surface area contributed by atoms with E-state index in [1.807, 2.05) is 19.9 Å². The summed E-state index contributed by atoms with van der Waals surface area (Å²) in [5, 5.41) is 13.9. The third kappa shape index (κ3) is 8.49. The van der Waals surface area contributed by atoms with Crippen molar-refractivity contribution in [2.45, 2.75) is 65.0 Å². The van der Waals surface area contributed by atoms with E-state index < -0.39 is 48.1 Å². The van der Waals surface area contributed by atoms with Crippen LogP contribution in [0.4, 0.5) is 4.79 Å². The number of nitrogens with one attached hydrogen (secondary N) is 1. The number of ether oxygens (including phenoxy) is 3. The number of ketones is 2. The Morgan fingerprint density at radius 1 is 1.05 bits per heavy atom. The topological polar surface area (TPSA) is 154 Å². The first-order valence-electron chi connectivity index (χ1n) is 14.5. The molecule has 0 fully saturated rings. The van der Waals surface area contributed by atoms with Crippen molar-refractivity contribution in [3.8, 4) is 0 Å². The van der Waals surface area contributed by atoms with Gasteiger partial charge in [0.2, 0.25) is 5.78 Å². The molecule has 2 amide bonds. The fraction of sp³-hybridized carbons (Fsp3) is 0.412. The number of Topliss-reactive ketones (excluding diaryl/α,β-unsaturated/α-hetero) is 1. The third-order valence-corrected chi connectivity index (χ3v) is 7.86. The fourth-order valence-corrected chi connectivity index (χ4v) is 5.51. The second-order valence-corrected chi connectivity index (χ2v) is 11.3. The van der Waals surface area contributed by atoms with Gasteiger partial charge in [-0.3, -0.25) is 14.4 Å². The van der Waals surface area contributed by atoms with E-state index >= 15 is 0 Å². The molecule has 0 radical (unpaired) electrons. The molecule has 10 heteroatoms. The van der Waals surface area contributed by atoms with E-state index in [-0.39, 0.29) is 40.5 Å². The number of fused-ring (bicyclic) bond motifs is 2. The molecule has 1 heterocycles. The molecule has 2 bridgehead atoms. The van der Waals surface area contributed by atoms with E-state index in [0.717, 1.165) is 6.08 Å². The van der Waals surface area contributed by atoms with Crippen molar-refractivity contribution < 1.29 is 38.5 Å². The van der Waals surface area contributed by atoms with Gasteiger partial charge < -0.3 is 30.4 Å². The number of allylic oxidation sites excluding steroid dienone is 5. The van der Waals surface area contributed by atoms with E-state index in [0.29, 0.717) is 17.6 Å². The average Bonchev–Trinajstić information content (AvgIpc) is 2.98. The quantitative estimate of drug-likeness (QED) is 0.344. The van der Waals surface area contributed by atoms with Crippen LogP contribution in [0.5, 0.6) is 0 Å². The molecule has 4 N–H and O–H groups in total. The summed E-state index contributed by atoms with van der Waals surface area (Å²) >= 11 is 0. The number of hydrogen-bond acceptors (Lipinski definition) is 8. The minimum Gasteiger partial charge on any atom is -0.439 e. The molecule has 3 rings (SSSR count). The SMILES string of the molecule is CO[C@H]1/C=C\C=C(/C)C(=O)NC2=CC(=O)C(c3ccccc3)=C(C[C@@H](C)C[C@H](OC)[C@H](O)[C@@H](C)/C=C(\C)[C@@H]1OC(N)=O)C2=O. The normalized spacial score (nSPS) is 30.8. The Bertz CT molecular complexity index is 1410. The highest BCUT2D eigenvalue weighted by Crippen LogP contribution is 2.33. The zero-order valence-electron chi connectivity index (χ0n) is 26.0. The van der Waals surface area contributed by atoms with Crippen molar-refractivity contribution in [2.75, 3.05) is 14.2 Å². The summed E-state index contributed by atoms with van der Waals surface area (Å²) < 4.78 is 16.6. The minimum absolute atomic E-state index is 0.113. The van der Waals surface area contributed by atoms with Gasteiger partial charge in [0.15, 0.2) is 11.9 Å². The molecule has 0 aromatic heterocycles. The van der Waals surface area contributed by atoms with Crippen molar-refractivity contribution in [2.24, 2.45) is 17.6 Å². The zero-order chi connectivity index (χ0) is 32.6. The van der Waals surface area contributed by atoms with Crippen LogP contribution >= 0.6 is 0 Å². The van der Waals surface area contributed by atoms with E-state index in [4.69, 9.17) is 19.9 Å². The van der Waals surface area contributed by atoms with Crippen molar-refractivity contribution in [3.63, 3.8) is 0 Å². The van der Waals surface area contributed by atoms with Gasteiger partial charge in [-0.15, -0.1) is 0 Å². The maximum atomic E-state index is 13.8. The Hall–Kier alpha value is -4.12. The Morgan fingerprint density at radius 3 is 2.34 bits per heavy atom. The predicted octanol–water partition coefficient (Wildman–Crippen LogP) is 3.96. The number of nitrogens with two attached hydrogens (primary N) is 1. The first kappa shape index (κ1) is 34.4. The molecular formula is C34H42N2O8. The summed E-state index contributed by atoms with van der Waals surface area (Å²) in [5.74, 6) is -2.05. The number of carbonyl (C=O) groups excluding carboxylic acids is 4. The molecule has 1 aromatic rings. The molecule has 2 aliphatic rings. The molecule has 0 saturated heterocycles. The van der Waals surface area contributed by atoms with Crippen LogP contribution in [0.2, 0.25) is 0 Å². The first-order valence-corrected chi connectivity index (χ1v) is 14.5. The zero-order valence-corrected chi connectivity index (χ0v) is 26.0. The van der Waals surface area contributed by atoms with Crippen molar-refractivity contribution in [3.05, 3.63) is 88.7 Å². The summed E-state index contributed by atoms with van der Waals surface area (Å²) in [6.45, 7) is 7.03. The van der Waals surface area contributed by atoms with E-state index in [2.05, 4.69) is 5.32 Å². The standard InChI is InChI=1S/C34H42N2O8/c1-19-15-24-29(23-12-8-7-9-13-23)26(37)18-25(31(24)39)36-33(40)20(2)11-10-14-27(42-5)32(44-34(35)41)22(4)17-21(3)30(38)28(16-19)43-6/h7-14,17-19,21,27-28,30,32,38H,15-16H2,1-6H3,(H2,35,41)(H,36,40)/b14-10-,20-11+,22-17+/t19-,21+,27+,28+,30-,32+/m1/s1. The predicted molar refractivity (Wildman–Crippen MR) is 166 cm³/mol. The highest BCUT2D eigenvalue weighted by Gasteiger charge is 2.33. The number of aliphatic hydroxyl groups is 1. The molecule has 44 heavy (non-hydrogen) atoms. The van der Waals surface area contributed by atoms with Gasteiger partial charge in [0, 0.05) is 42.9 Å². The number of primary amides is 1. The van der Waals surface area contributed by atoms with Gasteiger partial charge in [-0.05, 0) is 43.7 Å². The summed E-state index contributed by atoms with van der Waals surface area (Å²) in [6.07, 6.45) is 3.89. The number of amides is 2. The number of carbonyl (C=O) groups is 4. The largest absolute Gasteiger partial charge is 0.439 e. The highest BCUT2D eigenvalue weighted by atomic mass is 16.6. The lowest BCUT2D eigenvalue weighted by Gasteiger charge is -2.30.